The Morgan fingerprint density at radius 3 is 2.39 bits per heavy atom. The van der Waals surface area contributed by atoms with Crippen molar-refractivity contribution in [1.82, 2.24) is 0 Å². The van der Waals surface area contributed by atoms with Crippen LogP contribution in [0.5, 0.6) is 0 Å². The van der Waals surface area contributed by atoms with E-state index in [1.54, 1.807) is 6.07 Å². The van der Waals surface area contributed by atoms with E-state index in [0.717, 1.165) is 17.5 Å². The first-order valence-corrected chi connectivity index (χ1v) is 9.08. The van der Waals surface area contributed by atoms with E-state index in [-0.39, 0.29) is 18.3 Å². The van der Waals surface area contributed by atoms with E-state index in [1.807, 2.05) is 30.0 Å². The van der Waals surface area contributed by atoms with Crippen molar-refractivity contribution in [2.75, 3.05) is 12.0 Å². The monoisotopic (exact) mass is 349 g/mol. The fourth-order valence-electron chi connectivity index (χ4n) is 2.47. The molecule has 0 saturated heterocycles. The molecule has 0 aromatic heterocycles. The van der Waals surface area contributed by atoms with E-state index in [4.69, 9.17) is 5.73 Å². The summed E-state index contributed by atoms with van der Waals surface area (Å²) in [5.41, 5.74) is 9.41. The zero-order valence-corrected chi connectivity index (χ0v) is 15.1. The van der Waals surface area contributed by atoms with Crippen LogP contribution in [0.15, 0.2) is 48.5 Å². The average molecular weight is 350 g/mol. The SMILES string of the molecule is CSCCCCCc1ccc(-c2cccc(C(N)=O)c2)cc1.Cl. The number of primary amides is 1. The summed E-state index contributed by atoms with van der Waals surface area (Å²) < 4.78 is 0. The van der Waals surface area contributed by atoms with Crippen LogP contribution in [0.25, 0.3) is 11.1 Å². The molecular weight excluding hydrogens is 326 g/mol. The van der Waals surface area contributed by atoms with Crippen LogP contribution in [0.1, 0.15) is 35.2 Å². The molecule has 23 heavy (non-hydrogen) atoms. The summed E-state index contributed by atoms with van der Waals surface area (Å²) in [5, 5.41) is 0. The van der Waals surface area contributed by atoms with Gasteiger partial charge in [0.2, 0.25) is 5.91 Å². The Bertz CT molecular complexity index is 613. The maximum absolute atomic E-state index is 11.3. The van der Waals surface area contributed by atoms with Gasteiger partial charge in [0, 0.05) is 5.56 Å². The van der Waals surface area contributed by atoms with Crippen molar-refractivity contribution >= 4 is 30.1 Å². The number of aryl methyl sites for hydroxylation is 1. The van der Waals surface area contributed by atoms with E-state index in [0.29, 0.717) is 5.56 Å². The number of halogens is 1. The number of amides is 1. The Morgan fingerprint density at radius 2 is 1.74 bits per heavy atom. The van der Waals surface area contributed by atoms with Crippen LogP contribution in [0.2, 0.25) is 0 Å². The Hall–Kier alpha value is -1.45. The van der Waals surface area contributed by atoms with Crippen molar-refractivity contribution in [2.24, 2.45) is 5.73 Å². The molecule has 0 unspecified atom stereocenters. The summed E-state index contributed by atoms with van der Waals surface area (Å²) in [6.07, 6.45) is 7.14. The molecule has 1 amide bonds. The molecule has 0 saturated carbocycles. The Labute approximate surface area is 149 Å². The van der Waals surface area contributed by atoms with Gasteiger partial charge in [0.25, 0.3) is 0 Å². The van der Waals surface area contributed by atoms with Crippen molar-refractivity contribution in [3.8, 4) is 11.1 Å². The van der Waals surface area contributed by atoms with Crippen molar-refractivity contribution in [2.45, 2.75) is 25.7 Å². The standard InChI is InChI=1S/C19H23NOS.ClH/c1-22-13-4-2-3-6-15-9-11-16(12-10-15)17-7-5-8-18(14-17)19(20)21;/h5,7-12,14H,2-4,6,13H2,1H3,(H2,20,21);1H. The molecule has 0 aliphatic heterocycles. The second-order valence-electron chi connectivity index (χ2n) is 5.45. The maximum atomic E-state index is 11.3. The number of nitrogens with two attached hydrogens (primary N) is 1. The fourth-order valence-corrected chi connectivity index (χ4v) is 2.96. The zero-order chi connectivity index (χ0) is 15.8. The highest BCUT2D eigenvalue weighted by Crippen LogP contribution is 2.21. The van der Waals surface area contributed by atoms with Crippen LogP contribution in [0.3, 0.4) is 0 Å². The number of rotatable bonds is 8. The van der Waals surface area contributed by atoms with Gasteiger partial charge in [0.15, 0.2) is 0 Å². The predicted molar refractivity (Wildman–Crippen MR) is 104 cm³/mol. The van der Waals surface area contributed by atoms with Crippen LogP contribution < -0.4 is 5.73 Å². The Morgan fingerprint density at radius 1 is 1.00 bits per heavy atom. The molecular formula is C19H24ClNOS. The summed E-state index contributed by atoms with van der Waals surface area (Å²) in [6, 6.07) is 16.1. The lowest BCUT2D eigenvalue weighted by Crippen LogP contribution is -2.10. The molecule has 0 radical (unpaired) electrons. The highest BCUT2D eigenvalue weighted by Gasteiger charge is 2.03. The lowest BCUT2D eigenvalue weighted by atomic mass is 10.00. The van der Waals surface area contributed by atoms with E-state index < -0.39 is 0 Å². The van der Waals surface area contributed by atoms with Gasteiger partial charge in [0.1, 0.15) is 0 Å². The maximum Gasteiger partial charge on any atom is 0.248 e. The molecule has 0 spiro atoms. The van der Waals surface area contributed by atoms with Crippen molar-refractivity contribution in [3.63, 3.8) is 0 Å². The zero-order valence-electron chi connectivity index (χ0n) is 13.5. The lowest BCUT2D eigenvalue weighted by molar-refractivity contribution is 0.100. The average Bonchev–Trinajstić information content (AvgIpc) is 2.55. The first-order chi connectivity index (χ1) is 10.7. The van der Waals surface area contributed by atoms with Crippen molar-refractivity contribution in [3.05, 3.63) is 59.7 Å². The van der Waals surface area contributed by atoms with Gasteiger partial charge in [-0.15, -0.1) is 12.4 Å². The minimum Gasteiger partial charge on any atom is -0.366 e. The number of carbonyl (C=O) groups excluding carboxylic acids is 1. The third-order valence-electron chi connectivity index (χ3n) is 3.75. The quantitative estimate of drug-likeness (QED) is 0.685. The number of hydrogen-bond donors (Lipinski definition) is 1. The number of unbranched alkanes of at least 4 members (excludes halogenated alkanes) is 2. The molecule has 2 aromatic carbocycles. The van der Waals surface area contributed by atoms with Crippen LogP contribution in [0, 0.1) is 0 Å². The smallest absolute Gasteiger partial charge is 0.248 e. The van der Waals surface area contributed by atoms with Gasteiger partial charge < -0.3 is 5.73 Å². The molecule has 0 aliphatic carbocycles. The first kappa shape index (κ1) is 19.6. The summed E-state index contributed by atoms with van der Waals surface area (Å²) in [7, 11) is 0. The molecule has 0 aliphatic rings. The van der Waals surface area contributed by atoms with Crippen molar-refractivity contribution < 1.29 is 4.79 Å². The van der Waals surface area contributed by atoms with Gasteiger partial charge in [-0.3, -0.25) is 4.79 Å². The molecule has 2 aromatic rings. The van der Waals surface area contributed by atoms with Crippen LogP contribution in [0.4, 0.5) is 0 Å². The van der Waals surface area contributed by atoms with Crippen LogP contribution in [-0.2, 0) is 6.42 Å². The second-order valence-corrected chi connectivity index (χ2v) is 6.43. The fraction of sp³-hybridized carbons (Fsp3) is 0.316. The van der Waals surface area contributed by atoms with E-state index in [2.05, 4.69) is 30.5 Å². The van der Waals surface area contributed by atoms with E-state index in [9.17, 15) is 4.79 Å². The number of carbonyl (C=O) groups is 1. The van der Waals surface area contributed by atoms with Gasteiger partial charge in [-0.25, -0.2) is 0 Å². The topological polar surface area (TPSA) is 43.1 Å². The molecule has 124 valence electrons. The lowest BCUT2D eigenvalue weighted by Gasteiger charge is -2.06. The number of hydrogen-bond acceptors (Lipinski definition) is 2. The van der Waals surface area contributed by atoms with Crippen LogP contribution in [-0.4, -0.2) is 17.9 Å². The summed E-state index contributed by atoms with van der Waals surface area (Å²) >= 11 is 1.92. The number of thioether (sulfide) groups is 1. The molecule has 0 bridgehead atoms. The molecule has 2 N–H and O–H groups in total. The minimum absolute atomic E-state index is 0. The normalized spacial score (nSPS) is 10.1. The van der Waals surface area contributed by atoms with Crippen LogP contribution >= 0.6 is 24.2 Å². The highest BCUT2D eigenvalue weighted by atomic mass is 35.5. The van der Waals surface area contributed by atoms with Gasteiger partial charge in [0.05, 0.1) is 0 Å². The largest absolute Gasteiger partial charge is 0.366 e. The summed E-state index contributed by atoms with van der Waals surface area (Å²) in [6.45, 7) is 0. The van der Waals surface area contributed by atoms with E-state index in [1.165, 1.54) is 30.6 Å². The Kier molecular flexibility index (Phi) is 8.82. The third-order valence-corrected chi connectivity index (χ3v) is 4.45. The van der Waals surface area contributed by atoms with Gasteiger partial charge in [-0.05, 0) is 60.1 Å². The first-order valence-electron chi connectivity index (χ1n) is 7.69. The molecule has 2 nitrogen and oxygen atoms in total. The van der Waals surface area contributed by atoms with Gasteiger partial charge in [-0.2, -0.15) is 11.8 Å². The second kappa shape index (κ2) is 10.3. The Balaban J connectivity index is 0.00000264. The predicted octanol–water partition coefficient (Wildman–Crippen LogP) is 4.95. The number of benzene rings is 2. The third kappa shape index (κ3) is 6.28. The van der Waals surface area contributed by atoms with Gasteiger partial charge >= 0.3 is 0 Å². The summed E-state index contributed by atoms with van der Waals surface area (Å²) in [4.78, 5) is 11.3. The minimum atomic E-state index is -0.385. The molecule has 0 atom stereocenters. The van der Waals surface area contributed by atoms with E-state index >= 15 is 0 Å². The summed E-state index contributed by atoms with van der Waals surface area (Å²) in [5.74, 6) is 0.874. The molecule has 2 rings (SSSR count). The van der Waals surface area contributed by atoms with Gasteiger partial charge in [-0.1, -0.05) is 42.8 Å². The molecule has 0 heterocycles. The molecule has 4 heteroatoms. The van der Waals surface area contributed by atoms with Crippen molar-refractivity contribution in [1.29, 1.82) is 0 Å². The molecule has 0 fully saturated rings. The highest BCUT2D eigenvalue weighted by molar-refractivity contribution is 7.98.